The summed E-state index contributed by atoms with van der Waals surface area (Å²) in [5.41, 5.74) is 0. The van der Waals surface area contributed by atoms with Gasteiger partial charge in [-0.1, -0.05) is 121 Å². The van der Waals surface area contributed by atoms with Crippen LogP contribution in [0.25, 0.3) is 0 Å². The highest BCUT2D eigenvalue weighted by Crippen LogP contribution is 2.12. The van der Waals surface area contributed by atoms with Gasteiger partial charge in [-0.05, 0) is 51.4 Å². The highest BCUT2D eigenvalue weighted by Gasteiger charge is 2.25. The molecule has 2 atom stereocenters. The number of unbranched alkanes of at least 4 members (excludes halogenated alkanes) is 14. The molecule has 0 saturated carbocycles. The van der Waals surface area contributed by atoms with Crippen molar-refractivity contribution in [3.63, 3.8) is 0 Å². The summed E-state index contributed by atoms with van der Waals surface area (Å²) in [6.07, 6.45) is 34.7. The summed E-state index contributed by atoms with van der Waals surface area (Å²) in [7, 11) is 5.38. The van der Waals surface area contributed by atoms with E-state index in [4.69, 9.17) is 14.2 Å². The molecule has 2 unspecified atom stereocenters. The molecule has 0 aliphatic carbocycles. The van der Waals surface area contributed by atoms with Crippen LogP contribution >= 0.6 is 0 Å². The fourth-order valence-electron chi connectivity index (χ4n) is 5.43. The van der Waals surface area contributed by atoms with Crippen LogP contribution in [0, 0.1) is 0 Å². The molecule has 0 rings (SSSR count). The minimum atomic E-state index is -1.13. The van der Waals surface area contributed by atoms with Crippen LogP contribution in [0.2, 0.25) is 0 Å². The summed E-state index contributed by atoms with van der Waals surface area (Å²) < 4.78 is 17.0. The maximum Gasteiger partial charge on any atom is 0.306 e. The third kappa shape index (κ3) is 31.3. The number of rotatable bonds is 34. The van der Waals surface area contributed by atoms with Crippen LogP contribution in [0.4, 0.5) is 0 Å². The van der Waals surface area contributed by atoms with Crippen LogP contribution in [-0.2, 0) is 28.6 Å². The Morgan fingerprint density at radius 1 is 0.612 bits per heavy atom. The van der Waals surface area contributed by atoms with Gasteiger partial charge in [-0.3, -0.25) is 9.59 Å². The van der Waals surface area contributed by atoms with Crippen LogP contribution < -0.4 is 5.11 Å². The number of carboxylic acid groups (broad SMARTS) is 1. The summed E-state index contributed by atoms with van der Waals surface area (Å²) in [5.74, 6) is -1.76. The van der Waals surface area contributed by atoms with Crippen LogP contribution in [0.15, 0.2) is 36.5 Å². The molecule has 8 heteroatoms. The lowest BCUT2D eigenvalue weighted by Crippen LogP contribution is -2.55. The van der Waals surface area contributed by atoms with Gasteiger partial charge >= 0.3 is 11.9 Å². The number of ether oxygens (including phenoxy) is 3. The molecule has 0 fully saturated rings. The molecule has 284 valence electrons. The molecule has 0 saturated heterocycles. The van der Waals surface area contributed by atoms with Crippen LogP contribution in [0.3, 0.4) is 0 Å². The van der Waals surface area contributed by atoms with E-state index in [-0.39, 0.29) is 42.7 Å². The molecule has 8 nitrogen and oxygen atoms in total. The van der Waals surface area contributed by atoms with E-state index in [1.165, 1.54) is 57.8 Å². The zero-order chi connectivity index (χ0) is 36.4. The van der Waals surface area contributed by atoms with Crippen molar-refractivity contribution in [1.29, 1.82) is 0 Å². The normalized spacial score (nSPS) is 13.4. The van der Waals surface area contributed by atoms with Crippen molar-refractivity contribution in [2.45, 2.75) is 167 Å². The first-order chi connectivity index (χ1) is 23.6. The molecule has 0 spiro atoms. The second-order valence-corrected chi connectivity index (χ2v) is 14.2. The summed E-state index contributed by atoms with van der Waals surface area (Å²) in [6.45, 7) is 4.54. The number of carbonyl (C=O) groups excluding carboxylic acids is 3. The lowest BCUT2D eigenvalue weighted by atomic mass is 10.1. The predicted octanol–water partition coefficient (Wildman–Crippen LogP) is 8.57. The highest BCUT2D eigenvalue weighted by molar-refractivity contribution is 5.70. The molecular formula is C41H73NO7. The van der Waals surface area contributed by atoms with Gasteiger partial charge in [-0.25, -0.2) is 0 Å². The molecule has 49 heavy (non-hydrogen) atoms. The van der Waals surface area contributed by atoms with Gasteiger partial charge in [0, 0.05) is 19.3 Å². The number of allylic oxidation sites excluding steroid dienone is 6. The van der Waals surface area contributed by atoms with E-state index in [0.29, 0.717) is 12.8 Å². The average molecular weight is 692 g/mol. The summed E-state index contributed by atoms with van der Waals surface area (Å²) in [5, 5.41) is 11.5. The van der Waals surface area contributed by atoms with E-state index in [1.807, 2.05) is 0 Å². The summed E-state index contributed by atoms with van der Waals surface area (Å²) in [4.78, 5) is 36.5. The van der Waals surface area contributed by atoms with Crippen LogP contribution in [0.1, 0.15) is 155 Å². The van der Waals surface area contributed by atoms with Crippen molar-refractivity contribution >= 4 is 17.9 Å². The molecule has 0 aliphatic rings. The van der Waals surface area contributed by atoms with Crippen molar-refractivity contribution in [1.82, 2.24) is 0 Å². The molecule has 0 amide bonds. The van der Waals surface area contributed by atoms with Crippen molar-refractivity contribution in [2.75, 3.05) is 41.0 Å². The monoisotopic (exact) mass is 692 g/mol. The predicted molar refractivity (Wildman–Crippen MR) is 199 cm³/mol. The highest BCUT2D eigenvalue weighted by atomic mass is 16.6. The van der Waals surface area contributed by atoms with E-state index >= 15 is 0 Å². The molecular weight excluding hydrogens is 618 g/mol. The van der Waals surface area contributed by atoms with Gasteiger partial charge in [0.15, 0.2) is 6.10 Å². The third-order valence-corrected chi connectivity index (χ3v) is 8.53. The minimum absolute atomic E-state index is 0.0359. The van der Waals surface area contributed by atoms with Gasteiger partial charge in [0.1, 0.15) is 12.6 Å². The zero-order valence-corrected chi connectivity index (χ0v) is 32.1. The first kappa shape index (κ1) is 46.5. The Morgan fingerprint density at radius 2 is 1.08 bits per heavy atom. The second-order valence-electron chi connectivity index (χ2n) is 14.2. The Bertz CT molecular complexity index is 906. The van der Waals surface area contributed by atoms with E-state index in [1.54, 1.807) is 21.1 Å². The number of esters is 2. The third-order valence-electron chi connectivity index (χ3n) is 8.53. The average Bonchev–Trinajstić information content (AvgIpc) is 3.05. The molecule has 0 aromatic heterocycles. The summed E-state index contributed by atoms with van der Waals surface area (Å²) >= 11 is 0. The number of nitrogens with zero attached hydrogens (tertiary/aromatic N) is 1. The maximum atomic E-state index is 12.6. The van der Waals surface area contributed by atoms with E-state index in [0.717, 1.165) is 64.2 Å². The van der Waals surface area contributed by atoms with Crippen molar-refractivity contribution in [3.05, 3.63) is 36.5 Å². The van der Waals surface area contributed by atoms with Gasteiger partial charge in [0.2, 0.25) is 0 Å². The Balaban J connectivity index is 4.31. The Kier molecular flexibility index (Phi) is 31.1. The zero-order valence-electron chi connectivity index (χ0n) is 32.1. The topological polar surface area (TPSA) is 102 Å². The molecule has 0 radical (unpaired) electrons. The SMILES string of the molecule is CCCCC/C=C\C/C=C\C/C=C\CCCCCCCCC(=O)OC(COCCC(C(=O)[O-])[N+](C)(C)C)COC(=O)CCCCCCCC. The molecule has 0 aromatic rings. The van der Waals surface area contributed by atoms with Gasteiger partial charge < -0.3 is 28.6 Å². The standard InChI is InChI=1S/C41H73NO7/c1-6-8-10-12-14-15-16-17-18-19-20-21-22-23-24-25-26-28-30-32-40(44)49-37(35-47-34-33-38(41(45)46)42(3,4)5)36-48-39(43)31-29-27-13-11-9-7-2/h14-15,17-18,20-21,37-38H,6-13,16,19,22-36H2,1-5H3/b15-14-,18-17-,21-20-. The first-order valence-electron chi connectivity index (χ1n) is 19.5. The van der Waals surface area contributed by atoms with Gasteiger partial charge in [-0.2, -0.15) is 0 Å². The number of hydrogen-bond donors (Lipinski definition) is 0. The van der Waals surface area contributed by atoms with Crippen LogP contribution in [-0.4, -0.2) is 75.5 Å². The minimum Gasteiger partial charge on any atom is -0.544 e. The van der Waals surface area contributed by atoms with E-state index in [9.17, 15) is 19.5 Å². The second kappa shape index (κ2) is 32.7. The lowest BCUT2D eigenvalue weighted by molar-refractivity contribution is -0.889. The first-order valence-corrected chi connectivity index (χ1v) is 19.5. The van der Waals surface area contributed by atoms with Crippen molar-refractivity contribution in [2.24, 2.45) is 0 Å². The molecule has 0 N–H and O–H groups in total. The number of likely N-dealkylation sites (N-methyl/N-ethyl adjacent to an activating group) is 1. The fraction of sp³-hybridized carbons (Fsp3) is 0.780. The Hall–Kier alpha value is -2.45. The maximum absolute atomic E-state index is 12.6. The Labute approximate surface area is 300 Å². The number of aliphatic carboxylic acids is 1. The van der Waals surface area contributed by atoms with Crippen molar-refractivity contribution < 1.29 is 38.2 Å². The lowest BCUT2D eigenvalue weighted by Gasteiger charge is -2.34. The van der Waals surface area contributed by atoms with Gasteiger partial charge in [0.25, 0.3) is 0 Å². The Morgan fingerprint density at radius 3 is 1.63 bits per heavy atom. The number of hydrogen-bond acceptors (Lipinski definition) is 7. The number of quaternary nitrogens is 1. The fourth-order valence-corrected chi connectivity index (χ4v) is 5.43. The molecule has 0 aliphatic heterocycles. The van der Waals surface area contributed by atoms with E-state index < -0.39 is 18.1 Å². The summed E-state index contributed by atoms with van der Waals surface area (Å²) in [6, 6.07) is -0.725. The van der Waals surface area contributed by atoms with Gasteiger partial charge in [0.05, 0.1) is 40.3 Å². The number of carbonyl (C=O) groups is 3. The smallest absolute Gasteiger partial charge is 0.306 e. The van der Waals surface area contributed by atoms with Crippen molar-refractivity contribution in [3.8, 4) is 0 Å². The largest absolute Gasteiger partial charge is 0.544 e. The molecule has 0 bridgehead atoms. The van der Waals surface area contributed by atoms with Gasteiger partial charge in [-0.15, -0.1) is 0 Å². The quantitative estimate of drug-likeness (QED) is 0.0288. The van der Waals surface area contributed by atoms with Crippen LogP contribution in [0.5, 0.6) is 0 Å². The molecule has 0 aromatic carbocycles. The number of carboxylic acids is 1. The van der Waals surface area contributed by atoms with E-state index in [2.05, 4.69) is 50.3 Å². The molecule has 0 heterocycles.